The average Bonchev–Trinajstić information content (AvgIpc) is 4.05. The van der Waals surface area contributed by atoms with Crippen molar-refractivity contribution in [3.63, 3.8) is 0 Å². The third-order valence-corrected chi connectivity index (χ3v) is 15.8. The van der Waals surface area contributed by atoms with Crippen LogP contribution in [0.15, 0.2) is 61.1 Å². The van der Waals surface area contributed by atoms with E-state index < -0.39 is 24.0 Å². The molecule has 4 aliphatic heterocycles. The lowest BCUT2D eigenvalue weighted by molar-refractivity contribution is -0.145. The number of aliphatic carboxylic acids is 1. The first kappa shape index (κ1) is 49.3. The topological polar surface area (TPSA) is 160 Å². The third kappa shape index (κ3) is 11.1. The Morgan fingerprint density at radius 2 is 1.69 bits per heavy atom. The molecule has 0 spiro atoms. The van der Waals surface area contributed by atoms with Gasteiger partial charge in [0.2, 0.25) is 12.0 Å². The number of fused-ring (bicyclic) bond motifs is 7. The van der Waals surface area contributed by atoms with Crippen LogP contribution in [0.3, 0.4) is 0 Å². The molecule has 1 aliphatic carbocycles. The summed E-state index contributed by atoms with van der Waals surface area (Å²) in [5, 5.41) is 12.0. The first-order valence-corrected chi connectivity index (χ1v) is 25.5. The minimum atomic E-state index is -1.46. The first-order valence-electron chi connectivity index (χ1n) is 24.0. The van der Waals surface area contributed by atoms with E-state index in [2.05, 4.69) is 31.8 Å². The predicted molar refractivity (Wildman–Crippen MR) is 267 cm³/mol. The monoisotopic (exact) mass is 1030 g/mol. The Labute approximate surface area is 425 Å². The third-order valence-electron chi connectivity index (χ3n) is 13.7. The van der Waals surface area contributed by atoms with E-state index in [9.17, 15) is 14.3 Å². The molecule has 5 aliphatic rings. The number of likely N-dealkylation sites (N-methyl/N-ethyl adjacent to an activating group) is 1. The summed E-state index contributed by atoms with van der Waals surface area (Å²) in [4.78, 5) is 38.0. The summed E-state index contributed by atoms with van der Waals surface area (Å²) in [5.41, 5.74) is 4.48. The number of aromatic nitrogens is 4. The number of ether oxygens (including phenoxy) is 7. The average molecular weight is 1030 g/mol. The van der Waals surface area contributed by atoms with Crippen LogP contribution in [0.2, 0.25) is 10.0 Å². The highest BCUT2D eigenvalue weighted by Gasteiger charge is 2.33. The molecule has 3 aromatic heterocycles. The number of nitrogens with zero attached hydrogens (tertiary/aromatic N) is 6. The lowest BCUT2D eigenvalue weighted by Crippen LogP contribution is -2.49. The number of rotatable bonds is 11. The molecule has 374 valence electrons. The number of halogens is 3. The zero-order valence-electron chi connectivity index (χ0n) is 39.7. The molecular formula is C52H55Cl2FN6O9S. The Morgan fingerprint density at radius 1 is 0.915 bits per heavy atom. The van der Waals surface area contributed by atoms with Gasteiger partial charge in [-0.2, -0.15) is 0 Å². The number of hydrogen-bond donors (Lipinski definition) is 1. The maximum absolute atomic E-state index is 14.4. The summed E-state index contributed by atoms with van der Waals surface area (Å²) < 4.78 is 57.8. The molecule has 3 fully saturated rings. The van der Waals surface area contributed by atoms with Crippen LogP contribution in [0, 0.1) is 19.7 Å². The van der Waals surface area contributed by atoms with Gasteiger partial charge in [0, 0.05) is 67.3 Å². The maximum atomic E-state index is 14.4. The molecule has 7 heterocycles. The van der Waals surface area contributed by atoms with Crippen molar-refractivity contribution < 1.29 is 47.4 Å². The fourth-order valence-electron chi connectivity index (χ4n) is 9.75. The molecular weight excluding hydrogens is 975 g/mol. The van der Waals surface area contributed by atoms with E-state index in [4.69, 9.17) is 61.3 Å². The van der Waals surface area contributed by atoms with Gasteiger partial charge in [-0.25, -0.2) is 29.1 Å². The molecule has 3 atom stereocenters. The van der Waals surface area contributed by atoms with E-state index in [1.807, 2.05) is 19.9 Å². The molecule has 6 aromatic rings. The van der Waals surface area contributed by atoms with Gasteiger partial charge in [0.1, 0.15) is 66.5 Å². The minimum Gasteiger partial charge on any atom is -0.490 e. The van der Waals surface area contributed by atoms with Crippen molar-refractivity contribution in [1.82, 2.24) is 29.7 Å². The van der Waals surface area contributed by atoms with Crippen LogP contribution in [0.1, 0.15) is 59.8 Å². The number of hydrogen-bond acceptors (Lipinski definition) is 15. The maximum Gasteiger partial charge on any atom is 0.345 e. The molecule has 2 saturated heterocycles. The summed E-state index contributed by atoms with van der Waals surface area (Å²) in [6.07, 6.45) is 4.68. The normalized spacial score (nSPS) is 22.1. The lowest BCUT2D eigenvalue weighted by atomic mass is 9.86. The van der Waals surface area contributed by atoms with Gasteiger partial charge >= 0.3 is 5.97 Å². The number of thiophene rings is 1. The lowest BCUT2D eigenvalue weighted by Gasteiger charge is -2.35. The highest BCUT2D eigenvalue weighted by molar-refractivity contribution is 7.22. The van der Waals surface area contributed by atoms with Crippen LogP contribution >= 0.6 is 34.5 Å². The second kappa shape index (κ2) is 21.9. The van der Waals surface area contributed by atoms with E-state index in [-0.39, 0.29) is 43.6 Å². The molecule has 1 N–H and O–H groups in total. The highest BCUT2D eigenvalue weighted by Crippen LogP contribution is 2.53. The molecule has 0 radical (unpaired) electrons. The molecule has 15 nitrogen and oxygen atoms in total. The molecule has 71 heavy (non-hydrogen) atoms. The number of carboxylic acids is 1. The van der Waals surface area contributed by atoms with Crippen LogP contribution in [0.4, 0.5) is 4.39 Å². The summed E-state index contributed by atoms with van der Waals surface area (Å²) in [5.74, 6) is 0.556. The SMILES string of the molecule is Cc1c(Cl)c2c(Cl)c(C)c1-c1c(-c3ccc(F)cc3)sc3ncnc(c13)O[C@@H](C(=O)O)Cc1cc(ccc1OCc1ccnc([C@H]3CC[C@H](OCC4COCO4)CC3)n1)OCC(CN1CCN(C)CC1)O2. The summed E-state index contributed by atoms with van der Waals surface area (Å²) in [7, 11) is 2.11. The summed E-state index contributed by atoms with van der Waals surface area (Å²) in [6.45, 7) is 9.37. The van der Waals surface area contributed by atoms with E-state index in [0.717, 1.165) is 57.7 Å². The van der Waals surface area contributed by atoms with Crippen LogP contribution in [0.25, 0.3) is 31.8 Å². The van der Waals surface area contributed by atoms with Crippen molar-refractivity contribution in [2.75, 3.05) is 66.4 Å². The fraction of sp³-hybridized carbons (Fsp3) is 0.442. The minimum absolute atomic E-state index is 0.0158. The van der Waals surface area contributed by atoms with Crippen molar-refractivity contribution >= 4 is 50.7 Å². The van der Waals surface area contributed by atoms with Crippen molar-refractivity contribution in [2.45, 2.75) is 82.9 Å². The van der Waals surface area contributed by atoms with Gasteiger partial charge in [0.25, 0.3) is 0 Å². The van der Waals surface area contributed by atoms with Crippen molar-refractivity contribution in [3.05, 3.63) is 105 Å². The van der Waals surface area contributed by atoms with Crippen molar-refractivity contribution in [2.24, 2.45) is 0 Å². The first-order chi connectivity index (χ1) is 34.4. The Bertz CT molecular complexity index is 2840. The molecule has 4 bridgehead atoms. The molecule has 2 unspecified atom stereocenters. The Hall–Kier alpha value is -5.24. The summed E-state index contributed by atoms with van der Waals surface area (Å²) >= 11 is 16.0. The Kier molecular flexibility index (Phi) is 15.2. The molecule has 19 heteroatoms. The van der Waals surface area contributed by atoms with E-state index in [0.29, 0.717) is 108 Å². The van der Waals surface area contributed by atoms with Crippen LogP contribution in [-0.4, -0.2) is 132 Å². The van der Waals surface area contributed by atoms with Crippen molar-refractivity contribution in [1.29, 1.82) is 0 Å². The van der Waals surface area contributed by atoms with Gasteiger partial charge in [-0.3, -0.25) is 4.90 Å². The van der Waals surface area contributed by atoms with Gasteiger partial charge in [-0.15, -0.1) is 11.3 Å². The smallest absolute Gasteiger partial charge is 0.345 e. The number of carboxylic acid groups (broad SMARTS) is 1. The van der Waals surface area contributed by atoms with Gasteiger partial charge in [-0.05, 0) is 105 Å². The second-order valence-corrected chi connectivity index (χ2v) is 20.4. The zero-order chi connectivity index (χ0) is 49.2. The van der Waals surface area contributed by atoms with Crippen LogP contribution in [0.5, 0.6) is 23.1 Å². The highest BCUT2D eigenvalue weighted by atomic mass is 35.5. The predicted octanol–water partition coefficient (Wildman–Crippen LogP) is 9.33. The van der Waals surface area contributed by atoms with E-state index >= 15 is 0 Å². The van der Waals surface area contributed by atoms with Gasteiger partial charge in [0.15, 0.2) is 5.75 Å². The molecule has 1 saturated carbocycles. The van der Waals surface area contributed by atoms with Gasteiger partial charge < -0.3 is 43.2 Å². The number of benzene rings is 3. The van der Waals surface area contributed by atoms with Gasteiger partial charge in [-0.1, -0.05) is 35.3 Å². The number of carbonyl (C=O) groups is 1. The second-order valence-electron chi connectivity index (χ2n) is 18.6. The van der Waals surface area contributed by atoms with Crippen molar-refractivity contribution in [3.8, 4) is 44.7 Å². The van der Waals surface area contributed by atoms with E-state index in [1.165, 1.54) is 29.8 Å². The fourth-order valence-corrected chi connectivity index (χ4v) is 11.4. The van der Waals surface area contributed by atoms with Crippen LogP contribution < -0.4 is 18.9 Å². The standard InChI is InChI=1S/C52H55Cl2FN6O9S/c1-29-42-30(2)46(54)47(45(29)53)69-38(22-61-18-16-60(3)17-19-61)25-66-37-12-13-40(67-23-35-14-15-56-49(59-35)32-6-10-36(11-7-32)65-26-39-24-64-28-68-39)33(20-37)21-41(52(62)63)70-50-44-43(42)48(71-51(44)58-27-57-50)31-4-8-34(55)9-5-31/h4-5,8-9,12-15,20,27,32,36,38-39,41H,6-7,10-11,16-19,21-26,28H2,1-3H3,(H,62,63)/t32-,36-,38?,39?,41-/m1/s1. The summed E-state index contributed by atoms with van der Waals surface area (Å²) in [6, 6.07) is 13.3. The number of piperazine rings is 1. The molecule has 0 amide bonds. The largest absolute Gasteiger partial charge is 0.490 e. The molecule has 3 aromatic carbocycles. The quantitative estimate of drug-likeness (QED) is 0.131. The zero-order valence-corrected chi connectivity index (χ0v) is 42.0. The van der Waals surface area contributed by atoms with E-state index in [1.54, 1.807) is 36.5 Å². The Balaban J connectivity index is 0.996. The van der Waals surface area contributed by atoms with Gasteiger partial charge in [0.05, 0.1) is 40.4 Å². The molecule has 11 rings (SSSR count). The van der Waals surface area contributed by atoms with Crippen LogP contribution in [-0.2, 0) is 32.0 Å². The Morgan fingerprint density at radius 3 is 2.42 bits per heavy atom.